The first kappa shape index (κ1) is 30.7. The van der Waals surface area contributed by atoms with Gasteiger partial charge in [0.2, 0.25) is 15.9 Å². The molecule has 4 rings (SSSR count). The van der Waals surface area contributed by atoms with Gasteiger partial charge in [0.1, 0.15) is 17.4 Å². The predicted molar refractivity (Wildman–Crippen MR) is 158 cm³/mol. The Bertz CT molecular complexity index is 1330. The van der Waals surface area contributed by atoms with Crippen molar-refractivity contribution in [2.24, 2.45) is 16.8 Å². The van der Waals surface area contributed by atoms with Crippen molar-refractivity contribution in [3.63, 3.8) is 0 Å². The average Bonchev–Trinajstić information content (AvgIpc) is 3.22. The predicted octanol–water partition coefficient (Wildman–Crippen LogP) is 3.78. The van der Waals surface area contributed by atoms with E-state index < -0.39 is 33.6 Å². The Kier molecular flexibility index (Phi) is 9.22. The zero-order chi connectivity index (χ0) is 29.9. The minimum absolute atomic E-state index is 0.109. The lowest BCUT2D eigenvalue weighted by Gasteiger charge is -2.34. The highest BCUT2D eigenvalue weighted by Gasteiger charge is 2.48. The number of hydrogen-bond acceptors (Lipinski definition) is 6. The number of carboxylic acid groups (broad SMARTS) is 1. The van der Waals surface area contributed by atoms with Crippen LogP contribution in [0.5, 0.6) is 0 Å². The standard InChI is InChI=1S/C29H41N5O6S/c1-18(2)24(31-28(37)38)26(35)30-22-16-19(3)23(20(4)17-22)10-15-41(39,40)34-13-11-29(12-14-34)27(36)32-25(33-29)21-8-6-5-7-9-21/h10,15-18,21,24,31H,5-9,11-14H2,1-4H3,(H,30,35)(H,37,38)(H,32,33,36)/b15-10+/t24-/m0/s1. The molecule has 1 saturated heterocycles. The molecular weight excluding hydrogens is 546 g/mol. The summed E-state index contributed by atoms with van der Waals surface area (Å²) >= 11 is 0. The van der Waals surface area contributed by atoms with E-state index in [0.717, 1.165) is 42.6 Å². The molecule has 1 atom stereocenters. The molecule has 0 aromatic heterocycles. The molecule has 0 bridgehead atoms. The van der Waals surface area contributed by atoms with Crippen molar-refractivity contribution in [2.75, 3.05) is 18.4 Å². The Hall–Kier alpha value is -3.25. The summed E-state index contributed by atoms with van der Waals surface area (Å²) in [4.78, 5) is 41.5. The maximum Gasteiger partial charge on any atom is 0.405 e. The van der Waals surface area contributed by atoms with Crippen molar-refractivity contribution < 1.29 is 27.9 Å². The maximum absolute atomic E-state index is 13.2. The lowest BCUT2D eigenvalue weighted by molar-refractivity contribution is -0.125. The van der Waals surface area contributed by atoms with E-state index in [-0.39, 0.29) is 24.9 Å². The van der Waals surface area contributed by atoms with Crippen LogP contribution in [0, 0.1) is 25.7 Å². The fraction of sp³-hybridized carbons (Fsp3) is 0.586. The van der Waals surface area contributed by atoms with Crippen LogP contribution in [0.3, 0.4) is 0 Å². The zero-order valence-electron chi connectivity index (χ0n) is 24.2. The molecule has 11 nitrogen and oxygen atoms in total. The summed E-state index contributed by atoms with van der Waals surface area (Å²) in [6.45, 7) is 7.55. The Balaban J connectivity index is 1.41. The first-order chi connectivity index (χ1) is 19.3. The molecule has 1 saturated carbocycles. The van der Waals surface area contributed by atoms with Gasteiger partial charge < -0.3 is 21.1 Å². The monoisotopic (exact) mass is 587 g/mol. The van der Waals surface area contributed by atoms with E-state index in [9.17, 15) is 22.8 Å². The summed E-state index contributed by atoms with van der Waals surface area (Å²) in [5.74, 6) is 0.248. The number of benzene rings is 1. The van der Waals surface area contributed by atoms with Gasteiger partial charge >= 0.3 is 6.09 Å². The minimum Gasteiger partial charge on any atom is -0.465 e. The van der Waals surface area contributed by atoms with Crippen LogP contribution >= 0.6 is 0 Å². The highest BCUT2D eigenvalue weighted by atomic mass is 32.2. The summed E-state index contributed by atoms with van der Waals surface area (Å²) in [6, 6.07) is 2.53. The van der Waals surface area contributed by atoms with Crippen LogP contribution in [-0.4, -0.2) is 66.2 Å². The molecule has 1 aliphatic carbocycles. The Morgan fingerprint density at radius 1 is 1.12 bits per heavy atom. The van der Waals surface area contributed by atoms with Gasteiger partial charge in [-0.25, -0.2) is 13.2 Å². The highest BCUT2D eigenvalue weighted by Crippen LogP contribution is 2.35. The molecule has 1 spiro atoms. The van der Waals surface area contributed by atoms with Gasteiger partial charge in [0, 0.05) is 30.1 Å². The summed E-state index contributed by atoms with van der Waals surface area (Å²) in [7, 11) is -3.74. The molecule has 2 heterocycles. The van der Waals surface area contributed by atoms with Gasteiger partial charge in [-0.3, -0.25) is 14.6 Å². The van der Waals surface area contributed by atoms with Crippen LogP contribution in [0.1, 0.15) is 75.5 Å². The lowest BCUT2D eigenvalue weighted by atomic mass is 9.88. The van der Waals surface area contributed by atoms with Crippen molar-refractivity contribution in [1.29, 1.82) is 0 Å². The number of aryl methyl sites for hydroxylation is 2. The van der Waals surface area contributed by atoms with Gasteiger partial charge in [-0.2, -0.15) is 4.31 Å². The Labute approximate surface area is 241 Å². The zero-order valence-corrected chi connectivity index (χ0v) is 25.0. The van der Waals surface area contributed by atoms with Crippen molar-refractivity contribution in [2.45, 2.75) is 84.2 Å². The number of nitrogens with zero attached hydrogens (tertiary/aromatic N) is 2. The summed E-state index contributed by atoms with van der Waals surface area (Å²) < 4.78 is 27.8. The van der Waals surface area contributed by atoms with Crippen molar-refractivity contribution >= 4 is 45.5 Å². The summed E-state index contributed by atoms with van der Waals surface area (Å²) in [5, 5.41) is 18.2. The fourth-order valence-corrected chi connectivity index (χ4v) is 7.17. The van der Waals surface area contributed by atoms with Crippen molar-refractivity contribution in [3.8, 4) is 0 Å². The van der Waals surface area contributed by atoms with Crippen LogP contribution in [0.4, 0.5) is 10.5 Å². The molecule has 0 unspecified atom stereocenters. The van der Waals surface area contributed by atoms with E-state index in [2.05, 4.69) is 16.0 Å². The number of carbonyl (C=O) groups is 3. The van der Waals surface area contributed by atoms with Gasteiger partial charge in [-0.1, -0.05) is 33.1 Å². The summed E-state index contributed by atoms with van der Waals surface area (Å²) in [6.07, 6.45) is 6.55. The van der Waals surface area contributed by atoms with Crippen molar-refractivity contribution in [1.82, 2.24) is 14.9 Å². The minimum atomic E-state index is -3.74. The van der Waals surface area contributed by atoms with E-state index in [4.69, 9.17) is 10.1 Å². The number of amides is 3. The third-order valence-electron chi connectivity index (χ3n) is 8.40. The number of carbonyl (C=O) groups excluding carboxylic acids is 2. The van der Waals surface area contributed by atoms with Crippen LogP contribution < -0.4 is 16.0 Å². The van der Waals surface area contributed by atoms with Crippen molar-refractivity contribution in [3.05, 3.63) is 34.2 Å². The van der Waals surface area contributed by atoms with Gasteiger partial charge in [-0.05, 0) is 80.3 Å². The molecule has 2 aliphatic heterocycles. The van der Waals surface area contributed by atoms with Crippen LogP contribution in [0.25, 0.3) is 6.08 Å². The average molecular weight is 588 g/mol. The second kappa shape index (κ2) is 12.3. The molecule has 4 N–H and O–H groups in total. The number of aliphatic imine (C=N–C) groups is 1. The third-order valence-corrected chi connectivity index (χ3v) is 9.96. The van der Waals surface area contributed by atoms with Crippen LogP contribution in [-0.2, 0) is 19.6 Å². The second-order valence-electron chi connectivity index (χ2n) is 11.7. The fourth-order valence-electron chi connectivity index (χ4n) is 6.00. The van der Waals surface area contributed by atoms with Gasteiger partial charge in [0.15, 0.2) is 0 Å². The molecule has 3 amide bonds. The SMILES string of the molecule is Cc1cc(NC(=O)[C@@H](NC(=O)O)C(C)C)cc(C)c1/C=C/S(=O)(=O)N1CCC2(CC1)N=C(C1CCCCC1)NC2=O. The number of sulfonamides is 1. The van der Waals surface area contributed by atoms with Gasteiger partial charge in [0.05, 0.1) is 0 Å². The third kappa shape index (κ3) is 6.98. The molecular formula is C29H41N5O6S. The van der Waals surface area contributed by atoms with E-state index in [1.807, 2.05) is 13.8 Å². The first-order valence-corrected chi connectivity index (χ1v) is 15.8. The quantitative estimate of drug-likeness (QED) is 0.363. The molecule has 3 aliphatic rings. The van der Waals surface area contributed by atoms with E-state index in [0.29, 0.717) is 30.0 Å². The van der Waals surface area contributed by atoms with Gasteiger partial charge in [-0.15, -0.1) is 0 Å². The molecule has 1 aromatic rings. The van der Waals surface area contributed by atoms with E-state index in [1.165, 1.54) is 16.1 Å². The summed E-state index contributed by atoms with van der Waals surface area (Å²) in [5.41, 5.74) is 1.84. The van der Waals surface area contributed by atoms with Gasteiger partial charge in [0.25, 0.3) is 5.91 Å². The number of piperidine rings is 1. The Morgan fingerprint density at radius 3 is 2.29 bits per heavy atom. The van der Waals surface area contributed by atoms with E-state index in [1.54, 1.807) is 32.1 Å². The molecule has 0 radical (unpaired) electrons. The molecule has 1 aromatic carbocycles. The number of nitrogens with one attached hydrogen (secondary N) is 3. The first-order valence-electron chi connectivity index (χ1n) is 14.3. The molecule has 224 valence electrons. The number of rotatable bonds is 8. The normalized spacial score (nSPS) is 20.7. The smallest absolute Gasteiger partial charge is 0.405 e. The second-order valence-corrected chi connectivity index (χ2v) is 13.6. The maximum atomic E-state index is 13.2. The number of anilines is 1. The topological polar surface area (TPSA) is 157 Å². The highest BCUT2D eigenvalue weighted by molar-refractivity contribution is 7.92. The van der Waals surface area contributed by atoms with Crippen LogP contribution in [0.15, 0.2) is 22.5 Å². The largest absolute Gasteiger partial charge is 0.465 e. The van der Waals surface area contributed by atoms with Crippen LogP contribution in [0.2, 0.25) is 0 Å². The molecule has 41 heavy (non-hydrogen) atoms. The van der Waals surface area contributed by atoms with E-state index >= 15 is 0 Å². The molecule has 2 fully saturated rings. The number of amidine groups is 1. The Morgan fingerprint density at radius 2 is 1.73 bits per heavy atom. The lowest BCUT2D eigenvalue weighted by Crippen LogP contribution is -2.50. The number of hydrogen-bond donors (Lipinski definition) is 4. The molecule has 12 heteroatoms.